The molecule has 2 N–H and O–H groups in total. The summed E-state index contributed by atoms with van der Waals surface area (Å²) in [5, 5.41) is 0. The zero-order valence-electron chi connectivity index (χ0n) is 12.6. The van der Waals surface area contributed by atoms with Crippen LogP contribution in [0.1, 0.15) is 38.2 Å². The van der Waals surface area contributed by atoms with E-state index in [2.05, 4.69) is 0 Å². The Balaban J connectivity index is 2.27. The van der Waals surface area contributed by atoms with Crippen LogP contribution in [0.3, 0.4) is 0 Å². The minimum Gasteiger partial charge on any atom is -0.493 e. The smallest absolute Gasteiger partial charge is 0.203 e. The Morgan fingerprint density at radius 1 is 1.15 bits per heavy atom. The van der Waals surface area contributed by atoms with Crippen LogP contribution in [0.15, 0.2) is 12.1 Å². The highest BCUT2D eigenvalue weighted by Crippen LogP contribution is 2.41. The molecule has 0 aliphatic heterocycles. The van der Waals surface area contributed by atoms with Crippen LogP contribution in [0.4, 0.5) is 0 Å². The second-order valence-electron chi connectivity index (χ2n) is 5.54. The van der Waals surface area contributed by atoms with E-state index in [0.29, 0.717) is 0 Å². The van der Waals surface area contributed by atoms with Crippen LogP contribution in [0, 0.1) is 0 Å². The number of methoxy groups -OCH3 is 2. The molecule has 1 unspecified atom stereocenters. The molecule has 20 heavy (non-hydrogen) atoms. The second-order valence-corrected chi connectivity index (χ2v) is 5.54. The van der Waals surface area contributed by atoms with Gasteiger partial charge in [0.2, 0.25) is 5.75 Å². The van der Waals surface area contributed by atoms with Gasteiger partial charge in [-0.1, -0.05) is 0 Å². The predicted molar refractivity (Wildman–Crippen MR) is 79.8 cm³/mol. The number of nitrogens with two attached hydrogens (primary N) is 1. The molecule has 0 bridgehead atoms. The van der Waals surface area contributed by atoms with E-state index < -0.39 is 0 Å². The first-order chi connectivity index (χ1) is 9.63. The van der Waals surface area contributed by atoms with Gasteiger partial charge in [0, 0.05) is 6.04 Å². The minimum atomic E-state index is 0.103. The Kier molecular flexibility index (Phi) is 5.12. The number of benzene rings is 1. The summed E-state index contributed by atoms with van der Waals surface area (Å²) in [6.45, 7) is 1.99. The number of ether oxygens (including phenoxy) is 3. The van der Waals surface area contributed by atoms with E-state index in [1.807, 2.05) is 19.1 Å². The summed E-state index contributed by atoms with van der Waals surface area (Å²) in [5.74, 6) is 2.18. The van der Waals surface area contributed by atoms with Gasteiger partial charge in [-0.3, -0.25) is 0 Å². The van der Waals surface area contributed by atoms with Crippen LogP contribution >= 0.6 is 0 Å². The fourth-order valence-electron chi connectivity index (χ4n) is 2.71. The highest BCUT2D eigenvalue weighted by atomic mass is 16.5. The van der Waals surface area contributed by atoms with Gasteiger partial charge in [-0.25, -0.2) is 0 Å². The van der Waals surface area contributed by atoms with E-state index in [9.17, 15) is 0 Å². The van der Waals surface area contributed by atoms with Crippen molar-refractivity contribution in [1.82, 2.24) is 0 Å². The van der Waals surface area contributed by atoms with Crippen LogP contribution in [0.2, 0.25) is 0 Å². The standard InChI is InChI=1S/C16H25NO3/c1-11(17)8-12-9-14(18-2)16(15(10-12)19-3)20-13-6-4-5-7-13/h9-11,13H,4-8,17H2,1-3H3. The molecule has 0 radical (unpaired) electrons. The Morgan fingerprint density at radius 2 is 1.70 bits per heavy atom. The quantitative estimate of drug-likeness (QED) is 0.870. The molecular formula is C16H25NO3. The van der Waals surface area contributed by atoms with E-state index in [0.717, 1.165) is 42.1 Å². The lowest BCUT2D eigenvalue weighted by atomic mass is 10.1. The van der Waals surface area contributed by atoms with E-state index in [4.69, 9.17) is 19.9 Å². The van der Waals surface area contributed by atoms with Crippen LogP contribution in [-0.4, -0.2) is 26.4 Å². The zero-order chi connectivity index (χ0) is 14.5. The largest absolute Gasteiger partial charge is 0.493 e. The van der Waals surface area contributed by atoms with Gasteiger partial charge < -0.3 is 19.9 Å². The van der Waals surface area contributed by atoms with Crippen molar-refractivity contribution in [3.63, 3.8) is 0 Å². The average molecular weight is 279 g/mol. The first-order valence-electron chi connectivity index (χ1n) is 7.31. The Hall–Kier alpha value is -1.42. The summed E-state index contributed by atoms with van der Waals surface area (Å²) in [6, 6.07) is 4.10. The van der Waals surface area contributed by atoms with Crippen molar-refractivity contribution in [2.24, 2.45) is 5.73 Å². The fraction of sp³-hybridized carbons (Fsp3) is 0.625. The number of hydrogen-bond acceptors (Lipinski definition) is 4. The van der Waals surface area contributed by atoms with Gasteiger partial charge in [0.05, 0.1) is 20.3 Å². The van der Waals surface area contributed by atoms with E-state index in [1.54, 1.807) is 14.2 Å². The van der Waals surface area contributed by atoms with E-state index in [-0.39, 0.29) is 12.1 Å². The monoisotopic (exact) mass is 279 g/mol. The number of hydrogen-bond donors (Lipinski definition) is 1. The molecule has 0 amide bonds. The Labute approximate surface area is 121 Å². The third-order valence-corrected chi connectivity index (χ3v) is 3.66. The van der Waals surface area contributed by atoms with Crippen molar-refractivity contribution in [3.05, 3.63) is 17.7 Å². The Morgan fingerprint density at radius 3 is 2.15 bits per heavy atom. The first kappa shape index (κ1) is 15.0. The molecule has 0 spiro atoms. The van der Waals surface area contributed by atoms with Gasteiger partial charge in [-0.2, -0.15) is 0 Å². The SMILES string of the molecule is COc1cc(CC(C)N)cc(OC)c1OC1CCCC1. The van der Waals surface area contributed by atoms with Crippen LogP contribution in [-0.2, 0) is 6.42 Å². The minimum absolute atomic E-state index is 0.103. The van der Waals surface area contributed by atoms with Crippen molar-refractivity contribution in [1.29, 1.82) is 0 Å². The van der Waals surface area contributed by atoms with Gasteiger partial charge >= 0.3 is 0 Å². The summed E-state index contributed by atoms with van der Waals surface area (Å²) >= 11 is 0. The molecule has 1 atom stereocenters. The third kappa shape index (κ3) is 3.57. The second kappa shape index (κ2) is 6.84. The maximum Gasteiger partial charge on any atom is 0.203 e. The van der Waals surface area contributed by atoms with Crippen LogP contribution in [0.25, 0.3) is 0 Å². The Bertz CT molecular complexity index is 414. The van der Waals surface area contributed by atoms with Crippen LogP contribution in [0.5, 0.6) is 17.2 Å². The lowest BCUT2D eigenvalue weighted by Crippen LogP contribution is -2.18. The average Bonchev–Trinajstić information content (AvgIpc) is 2.92. The summed E-state index contributed by atoms with van der Waals surface area (Å²) in [4.78, 5) is 0. The van der Waals surface area contributed by atoms with E-state index in [1.165, 1.54) is 12.8 Å². The molecule has 1 saturated carbocycles. The molecule has 0 aromatic heterocycles. The van der Waals surface area contributed by atoms with Crippen molar-refractivity contribution in [2.45, 2.75) is 51.2 Å². The summed E-state index contributed by atoms with van der Waals surface area (Å²) < 4.78 is 17.0. The molecular weight excluding hydrogens is 254 g/mol. The molecule has 2 rings (SSSR count). The fourth-order valence-corrected chi connectivity index (χ4v) is 2.71. The molecule has 112 valence electrons. The predicted octanol–water partition coefficient (Wildman–Crippen LogP) is 2.91. The normalized spacial score (nSPS) is 17.0. The van der Waals surface area contributed by atoms with E-state index >= 15 is 0 Å². The van der Waals surface area contributed by atoms with Gasteiger partial charge in [0.25, 0.3) is 0 Å². The molecule has 0 heterocycles. The van der Waals surface area contributed by atoms with Crippen molar-refractivity contribution < 1.29 is 14.2 Å². The van der Waals surface area contributed by atoms with Gasteiger partial charge in [-0.15, -0.1) is 0 Å². The molecule has 1 fully saturated rings. The molecule has 1 aliphatic carbocycles. The van der Waals surface area contributed by atoms with Crippen molar-refractivity contribution in [3.8, 4) is 17.2 Å². The lowest BCUT2D eigenvalue weighted by Gasteiger charge is -2.20. The maximum atomic E-state index is 6.10. The molecule has 1 aromatic rings. The molecule has 4 nitrogen and oxygen atoms in total. The number of rotatable bonds is 6. The topological polar surface area (TPSA) is 53.7 Å². The summed E-state index contributed by atoms with van der Waals surface area (Å²) in [5.41, 5.74) is 6.97. The zero-order valence-corrected chi connectivity index (χ0v) is 12.6. The van der Waals surface area contributed by atoms with Crippen LogP contribution < -0.4 is 19.9 Å². The molecule has 1 aromatic carbocycles. The third-order valence-electron chi connectivity index (χ3n) is 3.66. The molecule has 1 aliphatic rings. The maximum absolute atomic E-state index is 6.10. The summed E-state index contributed by atoms with van der Waals surface area (Å²) in [6.07, 6.45) is 5.74. The summed E-state index contributed by atoms with van der Waals surface area (Å²) in [7, 11) is 3.32. The van der Waals surface area contributed by atoms with Crippen molar-refractivity contribution >= 4 is 0 Å². The van der Waals surface area contributed by atoms with Gasteiger partial charge in [0.1, 0.15) is 0 Å². The lowest BCUT2D eigenvalue weighted by molar-refractivity contribution is 0.191. The first-order valence-corrected chi connectivity index (χ1v) is 7.31. The highest BCUT2D eigenvalue weighted by Gasteiger charge is 2.22. The van der Waals surface area contributed by atoms with Gasteiger partial charge in [-0.05, 0) is 56.7 Å². The van der Waals surface area contributed by atoms with Crippen molar-refractivity contribution in [2.75, 3.05) is 14.2 Å². The molecule has 4 heteroatoms. The van der Waals surface area contributed by atoms with Gasteiger partial charge in [0.15, 0.2) is 11.5 Å². The highest BCUT2D eigenvalue weighted by molar-refractivity contribution is 5.54. The molecule has 0 saturated heterocycles.